The minimum Gasteiger partial charge on any atom is -0.496 e. The first-order valence-corrected chi connectivity index (χ1v) is 6.97. The van der Waals surface area contributed by atoms with Crippen LogP contribution in [-0.4, -0.2) is 27.4 Å². The average molecular weight is 303 g/mol. The van der Waals surface area contributed by atoms with Crippen LogP contribution in [0.25, 0.3) is 0 Å². The number of rotatable bonds is 7. The summed E-state index contributed by atoms with van der Waals surface area (Å²) in [5.74, 6) is 2.69. The summed E-state index contributed by atoms with van der Waals surface area (Å²) in [4.78, 5) is 0. The lowest BCUT2D eigenvalue weighted by Crippen LogP contribution is -2.10. The van der Waals surface area contributed by atoms with Gasteiger partial charge in [-0.05, 0) is 24.6 Å². The minimum absolute atomic E-state index is 0.393. The third-order valence-electron chi connectivity index (χ3n) is 3.10. The van der Waals surface area contributed by atoms with E-state index in [1.807, 2.05) is 25.1 Å². The summed E-state index contributed by atoms with van der Waals surface area (Å²) in [5, 5.41) is 0. The van der Waals surface area contributed by atoms with Gasteiger partial charge in [0.1, 0.15) is 36.2 Å². The van der Waals surface area contributed by atoms with E-state index < -0.39 is 0 Å². The maximum atomic E-state index is 5.86. The lowest BCUT2D eigenvalue weighted by atomic mass is 10.2. The van der Waals surface area contributed by atoms with Crippen LogP contribution in [0.3, 0.4) is 0 Å². The van der Waals surface area contributed by atoms with Gasteiger partial charge in [0.15, 0.2) is 0 Å². The molecule has 22 heavy (non-hydrogen) atoms. The van der Waals surface area contributed by atoms with Crippen molar-refractivity contribution in [2.75, 3.05) is 33.2 Å². The number of ether oxygens (including phenoxy) is 4. The Morgan fingerprint density at radius 3 is 2.05 bits per heavy atom. The summed E-state index contributed by atoms with van der Waals surface area (Å²) in [6.07, 6.45) is 0. The van der Waals surface area contributed by atoms with Crippen molar-refractivity contribution < 1.29 is 18.9 Å². The molecule has 2 rings (SSSR count). The normalized spacial score (nSPS) is 10.1. The molecule has 118 valence electrons. The summed E-state index contributed by atoms with van der Waals surface area (Å²) in [5.41, 5.74) is 7.58. The van der Waals surface area contributed by atoms with E-state index in [0.29, 0.717) is 41.9 Å². The first-order chi connectivity index (χ1) is 10.6. The standard InChI is InChI=1S/C17H21NO4/c1-12-4-5-16(18)17(8-12)22-7-6-21-15-10-13(19-2)9-14(11-15)20-3/h4-5,8-11H,6-7,18H2,1-3H3. The SMILES string of the molecule is COc1cc(OC)cc(OCCOc2cc(C)ccc2N)c1. The fraction of sp³-hybridized carbons (Fsp3) is 0.294. The van der Waals surface area contributed by atoms with E-state index in [0.717, 1.165) is 5.56 Å². The van der Waals surface area contributed by atoms with E-state index in [1.54, 1.807) is 32.4 Å². The third kappa shape index (κ3) is 4.22. The molecule has 0 fully saturated rings. The van der Waals surface area contributed by atoms with Crippen molar-refractivity contribution in [2.45, 2.75) is 6.92 Å². The zero-order valence-electron chi connectivity index (χ0n) is 13.1. The molecule has 2 N–H and O–H groups in total. The molecule has 0 saturated heterocycles. The highest BCUT2D eigenvalue weighted by Gasteiger charge is 2.04. The van der Waals surface area contributed by atoms with Gasteiger partial charge in [0.25, 0.3) is 0 Å². The molecule has 5 nitrogen and oxygen atoms in total. The van der Waals surface area contributed by atoms with Gasteiger partial charge in [0, 0.05) is 18.2 Å². The van der Waals surface area contributed by atoms with Crippen molar-refractivity contribution in [1.29, 1.82) is 0 Å². The number of benzene rings is 2. The van der Waals surface area contributed by atoms with Crippen LogP contribution in [-0.2, 0) is 0 Å². The van der Waals surface area contributed by atoms with Crippen molar-refractivity contribution in [2.24, 2.45) is 0 Å². The van der Waals surface area contributed by atoms with E-state index in [-0.39, 0.29) is 0 Å². The van der Waals surface area contributed by atoms with Gasteiger partial charge in [-0.15, -0.1) is 0 Å². The Labute approximate surface area is 130 Å². The first kappa shape index (κ1) is 15.8. The molecular formula is C17H21NO4. The Kier molecular flexibility index (Phi) is 5.36. The molecule has 0 aliphatic heterocycles. The van der Waals surface area contributed by atoms with Gasteiger partial charge in [-0.1, -0.05) is 6.07 Å². The smallest absolute Gasteiger partial charge is 0.142 e. The summed E-state index contributed by atoms with van der Waals surface area (Å²) in [6.45, 7) is 2.78. The Morgan fingerprint density at radius 2 is 1.41 bits per heavy atom. The number of aryl methyl sites for hydroxylation is 1. The summed E-state index contributed by atoms with van der Waals surface area (Å²) < 4.78 is 21.7. The molecule has 0 spiro atoms. The second-order valence-corrected chi connectivity index (χ2v) is 4.79. The molecule has 0 bridgehead atoms. The van der Waals surface area contributed by atoms with Gasteiger partial charge in [-0.25, -0.2) is 0 Å². The highest BCUT2D eigenvalue weighted by atomic mass is 16.5. The van der Waals surface area contributed by atoms with Gasteiger partial charge in [-0.3, -0.25) is 0 Å². The molecule has 0 aliphatic carbocycles. The predicted octanol–water partition coefficient (Wildman–Crippen LogP) is 3.05. The minimum atomic E-state index is 0.393. The van der Waals surface area contributed by atoms with Crippen LogP contribution in [0.5, 0.6) is 23.0 Å². The van der Waals surface area contributed by atoms with Crippen LogP contribution < -0.4 is 24.7 Å². The number of methoxy groups -OCH3 is 2. The highest BCUT2D eigenvalue weighted by molar-refractivity contribution is 5.53. The van der Waals surface area contributed by atoms with Crippen LogP contribution in [0.1, 0.15) is 5.56 Å². The molecule has 0 radical (unpaired) electrons. The zero-order valence-corrected chi connectivity index (χ0v) is 13.1. The molecule has 2 aromatic carbocycles. The predicted molar refractivity (Wildman–Crippen MR) is 86.1 cm³/mol. The third-order valence-corrected chi connectivity index (χ3v) is 3.10. The van der Waals surface area contributed by atoms with Crippen molar-refractivity contribution >= 4 is 5.69 Å². The van der Waals surface area contributed by atoms with Crippen LogP contribution in [0, 0.1) is 6.92 Å². The molecule has 0 aliphatic rings. The van der Waals surface area contributed by atoms with Crippen LogP contribution in [0.15, 0.2) is 36.4 Å². The molecule has 0 amide bonds. The molecule has 0 unspecified atom stereocenters. The Bertz CT molecular complexity index is 606. The fourth-order valence-corrected chi connectivity index (χ4v) is 1.94. The highest BCUT2D eigenvalue weighted by Crippen LogP contribution is 2.27. The van der Waals surface area contributed by atoms with Crippen molar-refractivity contribution in [3.05, 3.63) is 42.0 Å². The largest absolute Gasteiger partial charge is 0.496 e. The number of hydrogen-bond donors (Lipinski definition) is 1. The Hall–Kier alpha value is -2.56. The summed E-state index contributed by atoms with van der Waals surface area (Å²) in [7, 11) is 3.20. The van der Waals surface area contributed by atoms with E-state index in [2.05, 4.69) is 0 Å². The van der Waals surface area contributed by atoms with Crippen LogP contribution in [0.4, 0.5) is 5.69 Å². The quantitative estimate of drug-likeness (QED) is 0.629. The second kappa shape index (κ2) is 7.45. The van der Waals surface area contributed by atoms with E-state index in [4.69, 9.17) is 24.7 Å². The molecule has 5 heteroatoms. The number of nitrogen functional groups attached to an aromatic ring is 1. The summed E-state index contributed by atoms with van der Waals surface area (Å²) in [6, 6.07) is 11.1. The average Bonchev–Trinajstić information content (AvgIpc) is 2.54. The maximum Gasteiger partial charge on any atom is 0.142 e. The fourth-order valence-electron chi connectivity index (χ4n) is 1.94. The van der Waals surface area contributed by atoms with E-state index >= 15 is 0 Å². The van der Waals surface area contributed by atoms with Crippen molar-refractivity contribution in [3.8, 4) is 23.0 Å². The van der Waals surface area contributed by atoms with Gasteiger partial charge >= 0.3 is 0 Å². The molecule has 0 saturated carbocycles. The summed E-state index contributed by atoms with van der Waals surface area (Å²) >= 11 is 0. The molecule has 0 atom stereocenters. The van der Waals surface area contributed by atoms with Crippen LogP contribution in [0.2, 0.25) is 0 Å². The lowest BCUT2D eigenvalue weighted by Gasteiger charge is -2.12. The van der Waals surface area contributed by atoms with Gasteiger partial charge in [0.05, 0.1) is 19.9 Å². The van der Waals surface area contributed by atoms with Crippen molar-refractivity contribution in [1.82, 2.24) is 0 Å². The van der Waals surface area contributed by atoms with E-state index in [9.17, 15) is 0 Å². The number of nitrogens with two attached hydrogens (primary N) is 1. The lowest BCUT2D eigenvalue weighted by molar-refractivity contribution is 0.216. The van der Waals surface area contributed by atoms with Gasteiger partial charge in [-0.2, -0.15) is 0 Å². The number of anilines is 1. The maximum absolute atomic E-state index is 5.86. The molecule has 2 aromatic rings. The van der Waals surface area contributed by atoms with Crippen LogP contribution >= 0.6 is 0 Å². The first-order valence-electron chi connectivity index (χ1n) is 6.97. The van der Waals surface area contributed by atoms with E-state index in [1.165, 1.54) is 0 Å². The Morgan fingerprint density at radius 1 is 0.818 bits per heavy atom. The van der Waals surface area contributed by atoms with Crippen molar-refractivity contribution in [3.63, 3.8) is 0 Å². The Balaban J connectivity index is 1.90. The number of hydrogen-bond acceptors (Lipinski definition) is 5. The second-order valence-electron chi connectivity index (χ2n) is 4.79. The van der Waals surface area contributed by atoms with Gasteiger partial charge < -0.3 is 24.7 Å². The topological polar surface area (TPSA) is 62.9 Å². The monoisotopic (exact) mass is 303 g/mol. The zero-order chi connectivity index (χ0) is 15.9. The van der Waals surface area contributed by atoms with Gasteiger partial charge in [0.2, 0.25) is 0 Å². The molecular weight excluding hydrogens is 282 g/mol. The molecule has 0 heterocycles. The molecule has 0 aromatic heterocycles.